The molecule has 0 saturated carbocycles. The third kappa shape index (κ3) is 3.26. The van der Waals surface area contributed by atoms with E-state index in [2.05, 4.69) is 24.8 Å². The highest BCUT2D eigenvalue weighted by Gasteiger charge is 2.27. The Kier molecular flexibility index (Phi) is 4.45. The number of aromatic nitrogens is 3. The van der Waals surface area contributed by atoms with Gasteiger partial charge in [-0.05, 0) is 25.0 Å². The first-order valence-electron chi connectivity index (χ1n) is 8.83. The summed E-state index contributed by atoms with van der Waals surface area (Å²) in [5.74, 6) is 1.78. The fraction of sp³-hybridized carbons (Fsp3) is 0.444. The Bertz CT molecular complexity index is 723. The third-order valence-electron chi connectivity index (χ3n) is 4.86. The maximum absolute atomic E-state index is 13.0. The number of amides is 1. The van der Waals surface area contributed by atoms with Crippen LogP contribution < -0.4 is 9.80 Å². The van der Waals surface area contributed by atoms with Crippen molar-refractivity contribution < 1.29 is 4.79 Å². The van der Waals surface area contributed by atoms with Gasteiger partial charge in [-0.3, -0.25) is 9.78 Å². The van der Waals surface area contributed by atoms with Crippen LogP contribution in [0.2, 0.25) is 0 Å². The van der Waals surface area contributed by atoms with E-state index in [1.54, 1.807) is 24.8 Å². The first-order chi connectivity index (χ1) is 12.3. The van der Waals surface area contributed by atoms with Gasteiger partial charge < -0.3 is 14.7 Å². The second kappa shape index (κ2) is 7.04. The van der Waals surface area contributed by atoms with Gasteiger partial charge in [0.05, 0.1) is 11.8 Å². The van der Waals surface area contributed by atoms with Crippen LogP contribution in [-0.2, 0) is 0 Å². The van der Waals surface area contributed by atoms with Crippen molar-refractivity contribution in [3.05, 3.63) is 42.5 Å². The van der Waals surface area contributed by atoms with E-state index >= 15 is 0 Å². The van der Waals surface area contributed by atoms with E-state index in [0.717, 1.165) is 43.4 Å². The number of piperazine rings is 1. The van der Waals surface area contributed by atoms with Crippen LogP contribution in [0.1, 0.15) is 23.2 Å². The normalized spacial score (nSPS) is 17.8. The van der Waals surface area contributed by atoms with E-state index in [0.29, 0.717) is 13.1 Å². The predicted octanol–water partition coefficient (Wildman–Crippen LogP) is 1.43. The number of hydrogen-bond donors (Lipinski definition) is 0. The van der Waals surface area contributed by atoms with E-state index in [9.17, 15) is 4.79 Å². The minimum Gasteiger partial charge on any atom is -0.356 e. The number of anilines is 2. The van der Waals surface area contributed by atoms with Crippen LogP contribution in [0.15, 0.2) is 36.9 Å². The standard InChI is InChI=1S/C18H22N6O/c25-18(15-4-3-5-21-17(15)23-8-1-2-9-23)24-12-10-22(11-13-24)16-14-19-6-7-20-16/h3-7,14H,1-2,8-13H2. The molecule has 130 valence electrons. The van der Waals surface area contributed by atoms with Gasteiger partial charge in [0.15, 0.2) is 0 Å². The average molecular weight is 338 g/mol. The molecule has 2 aromatic rings. The maximum atomic E-state index is 13.0. The van der Waals surface area contributed by atoms with Gasteiger partial charge in [-0.2, -0.15) is 0 Å². The Morgan fingerprint density at radius 3 is 2.40 bits per heavy atom. The van der Waals surface area contributed by atoms with Crippen LogP contribution in [-0.4, -0.2) is 65.0 Å². The fourth-order valence-corrected chi connectivity index (χ4v) is 3.51. The van der Waals surface area contributed by atoms with Crippen LogP contribution in [0.5, 0.6) is 0 Å². The molecule has 2 aliphatic heterocycles. The summed E-state index contributed by atoms with van der Waals surface area (Å²) < 4.78 is 0. The van der Waals surface area contributed by atoms with Crippen molar-refractivity contribution in [2.24, 2.45) is 0 Å². The first-order valence-corrected chi connectivity index (χ1v) is 8.83. The molecule has 0 atom stereocenters. The molecule has 0 radical (unpaired) electrons. The second-order valence-electron chi connectivity index (χ2n) is 6.41. The van der Waals surface area contributed by atoms with Crippen molar-refractivity contribution in [1.82, 2.24) is 19.9 Å². The van der Waals surface area contributed by atoms with Gasteiger partial charge in [0.25, 0.3) is 5.91 Å². The molecule has 0 aliphatic carbocycles. The number of carbonyl (C=O) groups excluding carboxylic acids is 1. The molecule has 4 rings (SSSR count). The monoisotopic (exact) mass is 338 g/mol. The summed E-state index contributed by atoms with van der Waals surface area (Å²) in [4.78, 5) is 32.3. The maximum Gasteiger partial charge on any atom is 0.257 e. The van der Waals surface area contributed by atoms with Gasteiger partial charge in [0, 0.05) is 57.9 Å². The number of carbonyl (C=O) groups is 1. The third-order valence-corrected chi connectivity index (χ3v) is 4.86. The summed E-state index contributed by atoms with van der Waals surface area (Å²) in [5.41, 5.74) is 0.720. The summed E-state index contributed by atoms with van der Waals surface area (Å²) in [6.45, 7) is 4.87. The van der Waals surface area contributed by atoms with Gasteiger partial charge in [-0.25, -0.2) is 9.97 Å². The summed E-state index contributed by atoms with van der Waals surface area (Å²) in [5, 5.41) is 0. The zero-order chi connectivity index (χ0) is 17.1. The minimum absolute atomic E-state index is 0.0776. The zero-order valence-corrected chi connectivity index (χ0v) is 14.2. The number of pyridine rings is 1. The smallest absolute Gasteiger partial charge is 0.257 e. The van der Waals surface area contributed by atoms with Crippen molar-refractivity contribution in [3.8, 4) is 0 Å². The van der Waals surface area contributed by atoms with Gasteiger partial charge in [-0.15, -0.1) is 0 Å². The fourth-order valence-electron chi connectivity index (χ4n) is 3.51. The molecule has 0 N–H and O–H groups in total. The quantitative estimate of drug-likeness (QED) is 0.844. The highest BCUT2D eigenvalue weighted by atomic mass is 16.2. The first kappa shape index (κ1) is 15.8. The molecular weight excluding hydrogens is 316 g/mol. The molecule has 7 nitrogen and oxygen atoms in total. The highest BCUT2D eigenvalue weighted by molar-refractivity contribution is 5.99. The lowest BCUT2D eigenvalue weighted by Gasteiger charge is -2.35. The Labute approximate surface area is 147 Å². The van der Waals surface area contributed by atoms with E-state index in [4.69, 9.17) is 0 Å². The molecule has 4 heterocycles. The van der Waals surface area contributed by atoms with Crippen molar-refractivity contribution in [2.75, 3.05) is 49.1 Å². The van der Waals surface area contributed by atoms with E-state index < -0.39 is 0 Å². The Balaban J connectivity index is 1.46. The van der Waals surface area contributed by atoms with Gasteiger partial charge >= 0.3 is 0 Å². The summed E-state index contributed by atoms with van der Waals surface area (Å²) in [6.07, 6.45) is 9.25. The van der Waals surface area contributed by atoms with E-state index in [-0.39, 0.29) is 5.91 Å². The predicted molar refractivity (Wildman–Crippen MR) is 95.8 cm³/mol. The molecule has 2 fully saturated rings. The molecule has 1 amide bonds. The molecule has 0 bridgehead atoms. The van der Waals surface area contributed by atoms with Crippen LogP contribution in [0.4, 0.5) is 11.6 Å². The molecule has 2 aliphatic rings. The molecule has 25 heavy (non-hydrogen) atoms. The van der Waals surface area contributed by atoms with Crippen molar-refractivity contribution in [3.63, 3.8) is 0 Å². The number of hydrogen-bond acceptors (Lipinski definition) is 6. The Hall–Kier alpha value is -2.70. The summed E-state index contributed by atoms with van der Waals surface area (Å²) in [7, 11) is 0. The minimum atomic E-state index is 0.0776. The molecule has 2 saturated heterocycles. The largest absolute Gasteiger partial charge is 0.356 e. The lowest BCUT2D eigenvalue weighted by molar-refractivity contribution is 0.0746. The molecule has 7 heteroatoms. The van der Waals surface area contributed by atoms with Gasteiger partial charge in [0.1, 0.15) is 11.6 Å². The van der Waals surface area contributed by atoms with Gasteiger partial charge in [-0.1, -0.05) is 0 Å². The Morgan fingerprint density at radius 2 is 1.68 bits per heavy atom. The number of nitrogens with zero attached hydrogens (tertiary/aromatic N) is 6. The van der Waals surface area contributed by atoms with Crippen LogP contribution in [0, 0.1) is 0 Å². The molecular formula is C18H22N6O. The van der Waals surface area contributed by atoms with Crippen LogP contribution in [0.25, 0.3) is 0 Å². The highest BCUT2D eigenvalue weighted by Crippen LogP contribution is 2.24. The van der Waals surface area contributed by atoms with E-state index in [1.807, 2.05) is 17.0 Å². The lowest BCUT2D eigenvalue weighted by Crippen LogP contribution is -2.49. The van der Waals surface area contributed by atoms with Crippen molar-refractivity contribution >= 4 is 17.5 Å². The Morgan fingerprint density at radius 1 is 0.880 bits per heavy atom. The van der Waals surface area contributed by atoms with Crippen molar-refractivity contribution in [1.29, 1.82) is 0 Å². The molecule has 0 unspecified atom stereocenters. The number of rotatable bonds is 3. The summed E-state index contributed by atoms with van der Waals surface area (Å²) >= 11 is 0. The van der Waals surface area contributed by atoms with E-state index in [1.165, 1.54) is 12.8 Å². The van der Waals surface area contributed by atoms with Crippen LogP contribution in [0.3, 0.4) is 0 Å². The molecule has 0 aromatic carbocycles. The molecule has 2 aromatic heterocycles. The second-order valence-corrected chi connectivity index (χ2v) is 6.41. The van der Waals surface area contributed by atoms with Crippen molar-refractivity contribution in [2.45, 2.75) is 12.8 Å². The van der Waals surface area contributed by atoms with Crippen LogP contribution >= 0.6 is 0 Å². The SMILES string of the molecule is O=C(c1cccnc1N1CCCC1)N1CCN(c2cnccn2)CC1. The zero-order valence-electron chi connectivity index (χ0n) is 14.2. The average Bonchev–Trinajstić information content (AvgIpc) is 3.23. The summed E-state index contributed by atoms with van der Waals surface area (Å²) in [6, 6.07) is 3.75. The van der Waals surface area contributed by atoms with Gasteiger partial charge in [0.2, 0.25) is 0 Å². The topological polar surface area (TPSA) is 65.5 Å². The molecule has 0 spiro atoms. The lowest BCUT2D eigenvalue weighted by atomic mass is 10.2.